The summed E-state index contributed by atoms with van der Waals surface area (Å²) in [5.74, 6) is 0. The van der Waals surface area contributed by atoms with Crippen molar-refractivity contribution in [3.05, 3.63) is 22.4 Å². The molecular formula is C7H9OS. The summed E-state index contributed by atoms with van der Waals surface area (Å²) in [7, 11) is 0. The zero-order valence-corrected chi connectivity index (χ0v) is 6.33. The van der Waals surface area contributed by atoms with Crippen LogP contribution in [0.3, 0.4) is 0 Å². The van der Waals surface area contributed by atoms with Crippen molar-refractivity contribution < 1.29 is 5.11 Å². The Balaban J connectivity index is 2.90. The summed E-state index contributed by atoms with van der Waals surface area (Å²) in [6.07, 6.45) is 0. The molecule has 0 aliphatic rings. The fourth-order valence-corrected chi connectivity index (χ4v) is 1.30. The van der Waals surface area contributed by atoms with Gasteiger partial charge in [-0.2, -0.15) is 0 Å². The Bertz CT molecular complexity index is 171. The summed E-state index contributed by atoms with van der Waals surface area (Å²) < 4.78 is 0. The average molecular weight is 141 g/mol. The van der Waals surface area contributed by atoms with Gasteiger partial charge in [0.25, 0.3) is 0 Å². The van der Waals surface area contributed by atoms with Crippen LogP contribution in [-0.4, -0.2) is 5.11 Å². The van der Waals surface area contributed by atoms with E-state index in [1.54, 1.807) is 13.8 Å². The van der Waals surface area contributed by atoms with E-state index in [0.29, 0.717) is 0 Å². The molecule has 0 aromatic carbocycles. The number of aliphatic hydroxyl groups is 1. The monoisotopic (exact) mass is 141 g/mol. The van der Waals surface area contributed by atoms with E-state index >= 15 is 0 Å². The molecule has 1 N–H and O–H groups in total. The molecular weight excluding hydrogens is 132 g/mol. The van der Waals surface area contributed by atoms with Crippen LogP contribution in [0.15, 0.2) is 11.4 Å². The van der Waals surface area contributed by atoms with Crippen LogP contribution in [0.4, 0.5) is 0 Å². The minimum absolute atomic E-state index is 0.698. The second-order valence-electron chi connectivity index (χ2n) is 2.51. The zero-order chi connectivity index (χ0) is 6.91. The van der Waals surface area contributed by atoms with Crippen LogP contribution in [0.25, 0.3) is 0 Å². The first-order valence-electron chi connectivity index (χ1n) is 2.78. The van der Waals surface area contributed by atoms with Crippen LogP contribution in [-0.2, 0) is 5.60 Å². The molecule has 0 saturated heterocycles. The molecule has 1 aromatic rings. The van der Waals surface area contributed by atoms with Gasteiger partial charge >= 0.3 is 0 Å². The summed E-state index contributed by atoms with van der Waals surface area (Å²) in [6.45, 7) is 3.53. The van der Waals surface area contributed by atoms with Crippen LogP contribution in [0, 0.1) is 5.38 Å². The topological polar surface area (TPSA) is 20.2 Å². The van der Waals surface area contributed by atoms with Gasteiger partial charge in [0.15, 0.2) is 0 Å². The molecule has 1 nitrogen and oxygen atoms in total. The van der Waals surface area contributed by atoms with E-state index in [4.69, 9.17) is 0 Å². The Kier molecular flexibility index (Phi) is 1.60. The number of hydrogen-bond donors (Lipinski definition) is 1. The molecule has 9 heavy (non-hydrogen) atoms. The minimum atomic E-state index is -0.698. The Morgan fingerprint density at radius 2 is 2.33 bits per heavy atom. The van der Waals surface area contributed by atoms with Gasteiger partial charge in [0, 0.05) is 5.38 Å². The quantitative estimate of drug-likeness (QED) is 0.632. The molecule has 0 bridgehead atoms. The third kappa shape index (κ3) is 1.53. The van der Waals surface area contributed by atoms with Crippen molar-refractivity contribution in [1.29, 1.82) is 0 Å². The molecule has 0 amide bonds. The highest BCUT2D eigenvalue weighted by Crippen LogP contribution is 2.20. The van der Waals surface area contributed by atoms with Crippen LogP contribution in [0.1, 0.15) is 19.4 Å². The zero-order valence-electron chi connectivity index (χ0n) is 5.51. The summed E-state index contributed by atoms with van der Waals surface area (Å²) in [4.78, 5) is 0. The predicted octanol–water partition coefficient (Wildman–Crippen LogP) is 1.78. The van der Waals surface area contributed by atoms with Crippen molar-refractivity contribution in [2.45, 2.75) is 19.4 Å². The summed E-state index contributed by atoms with van der Waals surface area (Å²) in [6, 6.07) is 1.81. The number of thiophene rings is 1. The maximum Gasteiger partial charge on any atom is 0.0848 e. The van der Waals surface area contributed by atoms with Gasteiger partial charge in [0.05, 0.1) is 5.60 Å². The molecule has 1 radical (unpaired) electrons. The van der Waals surface area contributed by atoms with Crippen molar-refractivity contribution in [3.63, 3.8) is 0 Å². The first-order valence-corrected chi connectivity index (χ1v) is 3.66. The maximum atomic E-state index is 9.36. The minimum Gasteiger partial charge on any atom is -0.386 e. The first kappa shape index (κ1) is 6.78. The predicted molar refractivity (Wildman–Crippen MR) is 38.4 cm³/mol. The SMILES string of the molecule is CC(C)(O)c1c[c]sc1. The smallest absolute Gasteiger partial charge is 0.0848 e. The highest BCUT2D eigenvalue weighted by Gasteiger charge is 2.15. The van der Waals surface area contributed by atoms with Gasteiger partial charge in [0.1, 0.15) is 0 Å². The molecule has 0 aliphatic carbocycles. The third-order valence-corrected chi connectivity index (χ3v) is 1.80. The Labute approximate surface area is 59.0 Å². The molecule has 1 rings (SSSR count). The lowest BCUT2D eigenvalue weighted by molar-refractivity contribution is 0.0790. The second kappa shape index (κ2) is 2.12. The second-order valence-corrected chi connectivity index (χ2v) is 3.22. The van der Waals surface area contributed by atoms with Crippen LogP contribution in [0.5, 0.6) is 0 Å². The van der Waals surface area contributed by atoms with E-state index in [0.717, 1.165) is 5.56 Å². The van der Waals surface area contributed by atoms with E-state index in [-0.39, 0.29) is 0 Å². The molecule has 2 heteroatoms. The van der Waals surface area contributed by atoms with Crippen LogP contribution in [0.2, 0.25) is 0 Å². The Morgan fingerprint density at radius 3 is 2.56 bits per heavy atom. The van der Waals surface area contributed by atoms with Crippen molar-refractivity contribution in [1.82, 2.24) is 0 Å². The average Bonchev–Trinajstić information content (AvgIpc) is 2.08. The molecule has 0 aliphatic heterocycles. The lowest BCUT2D eigenvalue weighted by Crippen LogP contribution is -2.13. The van der Waals surface area contributed by atoms with Gasteiger partial charge < -0.3 is 5.11 Å². The van der Waals surface area contributed by atoms with Crippen molar-refractivity contribution >= 4 is 11.3 Å². The van der Waals surface area contributed by atoms with Crippen molar-refractivity contribution in [3.8, 4) is 0 Å². The Hall–Kier alpha value is -0.340. The molecule has 1 aromatic heterocycles. The van der Waals surface area contributed by atoms with Crippen molar-refractivity contribution in [2.24, 2.45) is 0 Å². The van der Waals surface area contributed by atoms with E-state index in [9.17, 15) is 5.11 Å². The highest BCUT2D eigenvalue weighted by molar-refractivity contribution is 7.07. The fourth-order valence-electron chi connectivity index (χ4n) is 0.550. The lowest BCUT2D eigenvalue weighted by atomic mass is 10.0. The van der Waals surface area contributed by atoms with Gasteiger partial charge in [-0.3, -0.25) is 0 Å². The summed E-state index contributed by atoms with van der Waals surface area (Å²) in [5, 5.41) is 14.2. The number of rotatable bonds is 1. The maximum absolute atomic E-state index is 9.36. The molecule has 49 valence electrons. The molecule has 0 unspecified atom stereocenters. The summed E-state index contributed by atoms with van der Waals surface area (Å²) >= 11 is 1.48. The first-order chi connectivity index (χ1) is 4.11. The molecule has 0 atom stereocenters. The normalized spacial score (nSPS) is 11.9. The molecule has 0 saturated carbocycles. The highest BCUT2D eigenvalue weighted by atomic mass is 32.1. The van der Waals surface area contributed by atoms with E-state index in [1.807, 2.05) is 11.4 Å². The molecule has 0 fully saturated rings. The van der Waals surface area contributed by atoms with Gasteiger partial charge in [-0.05, 0) is 30.9 Å². The van der Waals surface area contributed by atoms with Gasteiger partial charge in [-0.1, -0.05) is 0 Å². The van der Waals surface area contributed by atoms with Crippen LogP contribution < -0.4 is 0 Å². The van der Waals surface area contributed by atoms with Crippen molar-refractivity contribution in [2.75, 3.05) is 0 Å². The van der Waals surface area contributed by atoms with Gasteiger partial charge in [-0.15, -0.1) is 11.3 Å². The fraction of sp³-hybridized carbons (Fsp3) is 0.429. The summed E-state index contributed by atoms with van der Waals surface area (Å²) in [5.41, 5.74) is 0.240. The van der Waals surface area contributed by atoms with E-state index < -0.39 is 5.60 Å². The lowest BCUT2D eigenvalue weighted by Gasteiger charge is -2.14. The van der Waals surface area contributed by atoms with Crippen LogP contribution >= 0.6 is 11.3 Å². The van der Waals surface area contributed by atoms with Gasteiger partial charge in [0.2, 0.25) is 0 Å². The molecule has 1 heterocycles. The van der Waals surface area contributed by atoms with E-state index in [2.05, 4.69) is 5.38 Å². The standard InChI is InChI=1S/C7H9OS/c1-7(2,8)6-3-4-9-5-6/h3,5,8H,1-2H3. The molecule has 0 spiro atoms. The third-order valence-electron chi connectivity index (χ3n) is 1.17. The Morgan fingerprint density at radius 1 is 1.67 bits per heavy atom. The van der Waals surface area contributed by atoms with Gasteiger partial charge in [-0.25, -0.2) is 0 Å². The van der Waals surface area contributed by atoms with E-state index in [1.165, 1.54) is 11.3 Å². The largest absolute Gasteiger partial charge is 0.386 e. The number of hydrogen-bond acceptors (Lipinski definition) is 2.